The van der Waals surface area contributed by atoms with Crippen LogP contribution in [0.5, 0.6) is 11.5 Å². The number of halogens is 1. The van der Waals surface area contributed by atoms with E-state index in [-0.39, 0.29) is 17.6 Å². The molecule has 0 bridgehead atoms. The summed E-state index contributed by atoms with van der Waals surface area (Å²) < 4.78 is 61.3. The van der Waals surface area contributed by atoms with E-state index in [0.29, 0.717) is 42.2 Å². The van der Waals surface area contributed by atoms with Crippen molar-refractivity contribution in [3.63, 3.8) is 0 Å². The first kappa shape index (κ1) is 23.7. The van der Waals surface area contributed by atoms with Gasteiger partial charge in [0, 0.05) is 5.92 Å². The Balaban J connectivity index is 1.59. The smallest absolute Gasteiger partial charge is 0.243 e. The van der Waals surface area contributed by atoms with Crippen LogP contribution >= 0.6 is 0 Å². The molecule has 36 heavy (non-hydrogen) atoms. The molecule has 0 amide bonds. The molecule has 1 aliphatic rings. The Morgan fingerprint density at radius 3 is 2.42 bits per heavy atom. The van der Waals surface area contributed by atoms with E-state index >= 15 is 0 Å². The SMILES string of the molecule is COc1cccc(OC)c1-n1c(NS(=O)(=O)[C@H]2CCC[C@@H]2c2ncc(F)cn2)nnc1-c1ccco1. The summed E-state index contributed by atoms with van der Waals surface area (Å²) in [7, 11) is -1.02. The van der Waals surface area contributed by atoms with Gasteiger partial charge < -0.3 is 13.9 Å². The van der Waals surface area contributed by atoms with Gasteiger partial charge >= 0.3 is 0 Å². The fourth-order valence-corrected chi connectivity index (χ4v) is 6.19. The van der Waals surface area contributed by atoms with Gasteiger partial charge in [-0.15, -0.1) is 10.2 Å². The second-order valence-electron chi connectivity index (χ2n) is 8.15. The topological polar surface area (TPSA) is 134 Å². The molecule has 1 aliphatic carbocycles. The van der Waals surface area contributed by atoms with Crippen LogP contribution in [0.1, 0.15) is 31.0 Å². The molecule has 1 saturated carbocycles. The molecule has 0 spiro atoms. The molecule has 1 N–H and O–H groups in total. The van der Waals surface area contributed by atoms with Gasteiger partial charge in [0.25, 0.3) is 0 Å². The minimum absolute atomic E-state index is 0.0742. The van der Waals surface area contributed by atoms with Crippen LogP contribution < -0.4 is 14.2 Å². The molecule has 0 unspecified atom stereocenters. The number of anilines is 1. The highest BCUT2D eigenvalue weighted by Gasteiger charge is 2.41. The Bertz CT molecular complexity index is 1430. The molecule has 0 aliphatic heterocycles. The first-order valence-corrected chi connectivity index (χ1v) is 12.7. The maximum atomic E-state index is 13.6. The number of benzene rings is 1. The summed E-state index contributed by atoms with van der Waals surface area (Å²) in [6, 6.07) is 8.53. The van der Waals surface area contributed by atoms with Crippen LogP contribution in [0.3, 0.4) is 0 Å². The van der Waals surface area contributed by atoms with Gasteiger partial charge in [-0.1, -0.05) is 12.5 Å². The largest absolute Gasteiger partial charge is 0.494 e. The molecule has 1 aromatic carbocycles. The average molecular weight is 515 g/mol. The molecule has 11 nitrogen and oxygen atoms in total. The van der Waals surface area contributed by atoms with Gasteiger partial charge in [-0.2, -0.15) is 0 Å². The van der Waals surface area contributed by atoms with E-state index in [1.807, 2.05) is 0 Å². The van der Waals surface area contributed by atoms with Crippen molar-refractivity contribution in [2.75, 3.05) is 18.9 Å². The van der Waals surface area contributed by atoms with Gasteiger partial charge in [-0.3, -0.25) is 9.29 Å². The lowest BCUT2D eigenvalue weighted by Gasteiger charge is -2.21. The van der Waals surface area contributed by atoms with Gasteiger partial charge in [-0.25, -0.2) is 22.8 Å². The molecule has 4 aromatic rings. The number of nitrogens with one attached hydrogen (secondary N) is 1. The second kappa shape index (κ2) is 9.57. The number of hydrogen-bond donors (Lipinski definition) is 1. The van der Waals surface area contributed by atoms with E-state index < -0.39 is 27.0 Å². The molecule has 5 rings (SSSR count). The normalized spacial score (nSPS) is 17.8. The summed E-state index contributed by atoms with van der Waals surface area (Å²) >= 11 is 0. The highest BCUT2D eigenvalue weighted by atomic mass is 32.2. The summed E-state index contributed by atoms with van der Waals surface area (Å²) in [5.41, 5.74) is 0.390. The van der Waals surface area contributed by atoms with E-state index in [9.17, 15) is 12.8 Å². The standard InChI is InChI=1S/C23H23FN6O5S/c1-33-16-7-4-8-17(34-2)20(16)30-22(18-9-5-11-35-18)27-28-23(30)29-36(31,32)19-10-3-6-15(19)21-25-12-14(24)13-26-21/h4-5,7-9,11-13,15,19H,3,6,10H2,1-2H3,(H,28,29)/t15-,19-/m0/s1. The molecular weight excluding hydrogens is 491 g/mol. The average Bonchev–Trinajstić information content (AvgIpc) is 3.65. The summed E-state index contributed by atoms with van der Waals surface area (Å²) in [6.07, 6.45) is 5.15. The third kappa shape index (κ3) is 4.26. The van der Waals surface area contributed by atoms with Gasteiger partial charge in [-0.05, 0) is 37.1 Å². The van der Waals surface area contributed by atoms with E-state index in [0.717, 1.165) is 12.4 Å². The molecule has 13 heteroatoms. The summed E-state index contributed by atoms with van der Waals surface area (Å²) in [4.78, 5) is 8.04. The van der Waals surface area contributed by atoms with E-state index in [2.05, 4.69) is 24.9 Å². The molecule has 3 aromatic heterocycles. The molecule has 0 radical (unpaired) electrons. The Labute approximate surface area is 206 Å². The number of hydrogen-bond acceptors (Lipinski definition) is 9. The molecule has 1 fully saturated rings. The van der Waals surface area contributed by atoms with Crippen LogP contribution in [0.15, 0.2) is 53.4 Å². The van der Waals surface area contributed by atoms with Crippen LogP contribution in [0.4, 0.5) is 10.3 Å². The van der Waals surface area contributed by atoms with Crippen molar-refractivity contribution >= 4 is 16.0 Å². The van der Waals surface area contributed by atoms with Crippen molar-refractivity contribution in [1.29, 1.82) is 0 Å². The maximum absolute atomic E-state index is 13.6. The maximum Gasteiger partial charge on any atom is 0.243 e. The van der Waals surface area contributed by atoms with Crippen molar-refractivity contribution in [3.8, 4) is 28.8 Å². The number of ether oxygens (including phenoxy) is 2. The van der Waals surface area contributed by atoms with Gasteiger partial charge in [0.05, 0.1) is 38.1 Å². The Kier molecular flexibility index (Phi) is 6.31. The van der Waals surface area contributed by atoms with Crippen LogP contribution in [-0.2, 0) is 10.0 Å². The van der Waals surface area contributed by atoms with Crippen LogP contribution in [-0.4, -0.2) is 52.6 Å². The summed E-state index contributed by atoms with van der Waals surface area (Å²) in [5, 5.41) is 7.49. The Morgan fingerprint density at radius 2 is 1.78 bits per heavy atom. The number of nitrogens with zero attached hydrogens (tertiary/aromatic N) is 5. The fraction of sp³-hybridized carbons (Fsp3) is 0.304. The Morgan fingerprint density at radius 1 is 1.06 bits per heavy atom. The lowest BCUT2D eigenvalue weighted by Crippen LogP contribution is -2.31. The van der Waals surface area contributed by atoms with Gasteiger partial charge in [0.2, 0.25) is 21.8 Å². The lowest BCUT2D eigenvalue weighted by molar-refractivity contribution is 0.391. The monoisotopic (exact) mass is 514 g/mol. The van der Waals surface area contributed by atoms with Gasteiger partial charge in [0.15, 0.2) is 11.6 Å². The minimum Gasteiger partial charge on any atom is -0.494 e. The number of rotatable bonds is 8. The molecular formula is C23H23FN6O5S. The molecule has 188 valence electrons. The highest BCUT2D eigenvalue weighted by molar-refractivity contribution is 7.93. The van der Waals surface area contributed by atoms with Crippen molar-refractivity contribution in [2.45, 2.75) is 30.4 Å². The van der Waals surface area contributed by atoms with E-state index in [1.54, 1.807) is 30.3 Å². The Hall–Kier alpha value is -4.00. The number of para-hydroxylation sites is 1. The predicted molar refractivity (Wildman–Crippen MR) is 127 cm³/mol. The van der Waals surface area contributed by atoms with Crippen LogP contribution in [0.2, 0.25) is 0 Å². The lowest BCUT2D eigenvalue weighted by atomic mass is 10.1. The number of aromatic nitrogens is 5. The first-order chi connectivity index (χ1) is 17.4. The number of sulfonamides is 1. The summed E-state index contributed by atoms with van der Waals surface area (Å²) in [5.74, 6) is 0.540. The van der Waals surface area contributed by atoms with Crippen LogP contribution in [0, 0.1) is 5.82 Å². The fourth-order valence-electron chi connectivity index (χ4n) is 4.49. The predicted octanol–water partition coefficient (Wildman–Crippen LogP) is 3.55. The zero-order valence-corrected chi connectivity index (χ0v) is 20.3. The van der Waals surface area contributed by atoms with Crippen LogP contribution in [0.25, 0.3) is 17.3 Å². The van der Waals surface area contributed by atoms with E-state index in [4.69, 9.17) is 13.9 Å². The number of methoxy groups -OCH3 is 2. The minimum atomic E-state index is -4.00. The number of furan rings is 1. The molecule has 3 heterocycles. The third-order valence-corrected chi connectivity index (χ3v) is 7.92. The first-order valence-electron chi connectivity index (χ1n) is 11.1. The molecule has 2 atom stereocenters. The zero-order valence-electron chi connectivity index (χ0n) is 19.5. The van der Waals surface area contributed by atoms with E-state index in [1.165, 1.54) is 25.0 Å². The zero-order chi connectivity index (χ0) is 25.3. The van der Waals surface area contributed by atoms with Crippen molar-refractivity contribution in [2.24, 2.45) is 0 Å². The molecule has 0 saturated heterocycles. The summed E-state index contributed by atoms with van der Waals surface area (Å²) in [6.45, 7) is 0. The second-order valence-corrected chi connectivity index (χ2v) is 10.1. The highest BCUT2D eigenvalue weighted by Crippen LogP contribution is 2.40. The third-order valence-electron chi connectivity index (χ3n) is 6.09. The van der Waals surface area contributed by atoms with Crippen molar-refractivity contribution in [1.82, 2.24) is 24.7 Å². The quantitative estimate of drug-likeness (QED) is 0.374. The van der Waals surface area contributed by atoms with Gasteiger partial charge in [0.1, 0.15) is 23.0 Å². The van der Waals surface area contributed by atoms with Crippen molar-refractivity contribution in [3.05, 3.63) is 60.6 Å². The van der Waals surface area contributed by atoms with Crippen molar-refractivity contribution < 1.29 is 26.7 Å².